The van der Waals surface area contributed by atoms with Crippen LogP contribution in [-0.4, -0.2) is 43.7 Å². The Bertz CT molecular complexity index is 801. The van der Waals surface area contributed by atoms with Crippen LogP contribution in [0.2, 0.25) is 5.02 Å². The number of carbonyl (C=O) groups excluding carboxylic acids is 1. The molecular formula is C21H25ClN2O2S. The number of morpholine rings is 1. The van der Waals surface area contributed by atoms with Gasteiger partial charge in [0.15, 0.2) is 0 Å². The number of ether oxygens (including phenoxy) is 1. The molecular weight excluding hydrogens is 380 g/mol. The van der Waals surface area contributed by atoms with Crippen LogP contribution in [0.4, 0.5) is 0 Å². The molecule has 6 heteroatoms. The molecule has 0 bridgehead atoms. The van der Waals surface area contributed by atoms with E-state index in [1.165, 1.54) is 23.3 Å². The zero-order valence-electron chi connectivity index (χ0n) is 15.4. The van der Waals surface area contributed by atoms with Gasteiger partial charge in [-0.1, -0.05) is 29.8 Å². The van der Waals surface area contributed by atoms with Gasteiger partial charge in [-0.3, -0.25) is 9.69 Å². The molecule has 27 heavy (non-hydrogen) atoms. The van der Waals surface area contributed by atoms with E-state index in [1.807, 2.05) is 23.6 Å². The summed E-state index contributed by atoms with van der Waals surface area (Å²) in [6.07, 6.45) is 4.56. The zero-order valence-corrected chi connectivity index (χ0v) is 17.0. The van der Waals surface area contributed by atoms with Gasteiger partial charge in [0.05, 0.1) is 24.8 Å². The molecule has 1 fully saturated rings. The van der Waals surface area contributed by atoms with Crippen molar-refractivity contribution >= 4 is 28.8 Å². The molecule has 0 saturated carbocycles. The first kappa shape index (κ1) is 18.9. The van der Waals surface area contributed by atoms with Gasteiger partial charge in [0.1, 0.15) is 0 Å². The highest BCUT2D eigenvalue weighted by Gasteiger charge is 2.26. The third-order valence-corrected chi connectivity index (χ3v) is 6.95. The average molecular weight is 405 g/mol. The van der Waals surface area contributed by atoms with Crippen LogP contribution in [0.25, 0.3) is 0 Å². The molecule has 0 spiro atoms. The number of hydrogen-bond acceptors (Lipinski definition) is 4. The number of fused-ring (bicyclic) bond motifs is 1. The van der Waals surface area contributed by atoms with E-state index >= 15 is 0 Å². The number of halogens is 1. The van der Waals surface area contributed by atoms with E-state index in [9.17, 15) is 4.79 Å². The average Bonchev–Trinajstić information content (AvgIpc) is 3.14. The molecule has 1 aromatic carbocycles. The molecule has 1 amide bonds. The molecule has 1 saturated heterocycles. The van der Waals surface area contributed by atoms with Crippen molar-refractivity contribution in [3.05, 3.63) is 56.2 Å². The molecule has 0 radical (unpaired) electrons. The van der Waals surface area contributed by atoms with Gasteiger partial charge in [0.2, 0.25) is 0 Å². The quantitative estimate of drug-likeness (QED) is 0.816. The third kappa shape index (κ3) is 4.21. The van der Waals surface area contributed by atoms with Crippen LogP contribution in [-0.2, 0) is 17.6 Å². The number of aryl methyl sites for hydroxylation is 1. The zero-order chi connectivity index (χ0) is 18.6. The molecule has 1 atom stereocenters. The van der Waals surface area contributed by atoms with Crippen LogP contribution < -0.4 is 5.32 Å². The van der Waals surface area contributed by atoms with Crippen molar-refractivity contribution in [1.82, 2.24) is 10.2 Å². The first-order valence-corrected chi connectivity index (χ1v) is 10.9. The fourth-order valence-corrected chi connectivity index (χ4v) is 5.43. The Morgan fingerprint density at radius 1 is 1.22 bits per heavy atom. The van der Waals surface area contributed by atoms with Crippen LogP contribution in [0.15, 0.2) is 29.6 Å². The molecule has 4 rings (SSSR count). The lowest BCUT2D eigenvalue weighted by Crippen LogP contribution is -2.44. The topological polar surface area (TPSA) is 41.6 Å². The summed E-state index contributed by atoms with van der Waals surface area (Å²) in [5, 5.41) is 5.96. The molecule has 2 heterocycles. The SMILES string of the molecule is O=C(NCC(c1ccccc1Cl)N1CCOCC1)c1csc2c1CCCC2. The smallest absolute Gasteiger partial charge is 0.252 e. The molecule has 1 unspecified atom stereocenters. The lowest BCUT2D eigenvalue weighted by molar-refractivity contribution is 0.0162. The predicted octanol–water partition coefficient (Wildman–Crippen LogP) is 4.08. The maximum Gasteiger partial charge on any atom is 0.252 e. The number of nitrogens with one attached hydrogen (secondary N) is 1. The summed E-state index contributed by atoms with van der Waals surface area (Å²) in [7, 11) is 0. The number of amides is 1. The van der Waals surface area contributed by atoms with E-state index in [1.54, 1.807) is 11.3 Å². The second-order valence-electron chi connectivity index (χ2n) is 7.15. The summed E-state index contributed by atoms with van der Waals surface area (Å²) in [5.74, 6) is 0.0414. The Hall–Kier alpha value is -1.40. The maximum absolute atomic E-state index is 12.9. The van der Waals surface area contributed by atoms with Gasteiger partial charge in [0, 0.05) is 34.9 Å². The molecule has 1 aliphatic carbocycles. The van der Waals surface area contributed by atoms with Crippen LogP contribution in [0.3, 0.4) is 0 Å². The normalized spacial score (nSPS) is 18.7. The van der Waals surface area contributed by atoms with Crippen LogP contribution in [0.5, 0.6) is 0 Å². The number of nitrogens with zero attached hydrogens (tertiary/aromatic N) is 1. The summed E-state index contributed by atoms with van der Waals surface area (Å²) in [6, 6.07) is 7.98. The fourth-order valence-electron chi connectivity index (χ4n) is 4.04. The van der Waals surface area contributed by atoms with E-state index in [0.717, 1.165) is 42.1 Å². The minimum absolute atomic E-state index is 0.0414. The Labute approximate surface area is 169 Å². The van der Waals surface area contributed by atoms with Gasteiger partial charge >= 0.3 is 0 Å². The second-order valence-corrected chi connectivity index (χ2v) is 8.53. The van der Waals surface area contributed by atoms with Crippen LogP contribution in [0, 0.1) is 0 Å². The highest BCUT2D eigenvalue weighted by Crippen LogP contribution is 2.31. The van der Waals surface area contributed by atoms with Gasteiger partial charge in [-0.2, -0.15) is 0 Å². The van der Waals surface area contributed by atoms with Gasteiger partial charge in [-0.25, -0.2) is 0 Å². The lowest BCUT2D eigenvalue weighted by atomic mass is 9.95. The Balaban J connectivity index is 1.51. The first-order chi connectivity index (χ1) is 13.2. The second kappa shape index (κ2) is 8.74. The summed E-state index contributed by atoms with van der Waals surface area (Å²) >= 11 is 8.21. The highest BCUT2D eigenvalue weighted by molar-refractivity contribution is 7.10. The van der Waals surface area contributed by atoms with E-state index in [4.69, 9.17) is 16.3 Å². The Morgan fingerprint density at radius 2 is 2.00 bits per heavy atom. The van der Waals surface area contributed by atoms with E-state index < -0.39 is 0 Å². The maximum atomic E-state index is 12.9. The number of hydrogen-bond donors (Lipinski definition) is 1. The van der Waals surface area contributed by atoms with Crippen molar-refractivity contribution in [3.8, 4) is 0 Å². The number of carbonyl (C=O) groups is 1. The van der Waals surface area contributed by atoms with Gasteiger partial charge in [0.25, 0.3) is 5.91 Å². The predicted molar refractivity (Wildman–Crippen MR) is 110 cm³/mol. The van der Waals surface area contributed by atoms with Gasteiger partial charge in [-0.05, 0) is 42.9 Å². The number of benzene rings is 1. The Morgan fingerprint density at radius 3 is 2.81 bits per heavy atom. The molecule has 2 aliphatic rings. The fraction of sp³-hybridized carbons (Fsp3) is 0.476. The molecule has 1 aliphatic heterocycles. The summed E-state index contributed by atoms with van der Waals surface area (Å²) < 4.78 is 5.50. The molecule has 144 valence electrons. The van der Waals surface area contributed by atoms with Crippen molar-refractivity contribution in [1.29, 1.82) is 0 Å². The Kier molecular flexibility index (Phi) is 6.13. The third-order valence-electron chi connectivity index (χ3n) is 5.51. The van der Waals surface area contributed by atoms with E-state index in [0.29, 0.717) is 19.8 Å². The van der Waals surface area contributed by atoms with Crippen molar-refractivity contribution in [3.63, 3.8) is 0 Å². The molecule has 1 aromatic heterocycles. The van der Waals surface area contributed by atoms with Crippen LogP contribution in [0.1, 0.15) is 45.2 Å². The molecule has 2 aromatic rings. The van der Waals surface area contributed by atoms with Crippen molar-refractivity contribution in [2.75, 3.05) is 32.8 Å². The standard InChI is InChI=1S/C21H25ClN2O2S/c22-18-7-3-1-6-16(18)19(24-9-11-26-12-10-24)13-23-21(25)17-14-27-20-8-4-2-5-15(17)20/h1,3,6-7,14,19H,2,4-5,8-13H2,(H,23,25). The van der Waals surface area contributed by atoms with Crippen molar-refractivity contribution < 1.29 is 9.53 Å². The van der Waals surface area contributed by atoms with Gasteiger partial charge < -0.3 is 10.1 Å². The first-order valence-electron chi connectivity index (χ1n) is 9.67. The number of rotatable bonds is 5. The van der Waals surface area contributed by atoms with E-state index in [2.05, 4.69) is 16.3 Å². The monoisotopic (exact) mass is 404 g/mol. The highest BCUT2D eigenvalue weighted by atomic mass is 35.5. The van der Waals surface area contributed by atoms with Crippen molar-refractivity contribution in [2.45, 2.75) is 31.7 Å². The van der Waals surface area contributed by atoms with Crippen LogP contribution >= 0.6 is 22.9 Å². The minimum atomic E-state index is 0.0414. The lowest BCUT2D eigenvalue weighted by Gasteiger charge is -2.35. The largest absolute Gasteiger partial charge is 0.379 e. The van der Waals surface area contributed by atoms with Crippen molar-refractivity contribution in [2.24, 2.45) is 0 Å². The minimum Gasteiger partial charge on any atom is -0.379 e. The molecule has 4 nitrogen and oxygen atoms in total. The summed E-state index contributed by atoms with van der Waals surface area (Å²) in [5.41, 5.74) is 3.20. The van der Waals surface area contributed by atoms with Gasteiger partial charge in [-0.15, -0.1) is 11.3 Å². The molecule has 1 N–H and O–H groups in total. The number of thiophene rings is 1. The summed E-state index contributed by atoms with van der Waals surface area (Å²) in [4.78, 5) is 16.6. The summed E-state index contributed by atoms with van der Waals surface area (Å²) in [6.45, 7) is 3.67. The van der Waals surface area contributed by atoms with E-state index in [-0.39, 0.29) is 11.9 Å².